The van der Waals surface area contributed by atoms with Crippen LogP contribution in [0, 0.1) is 12.3 Å². The lowest BCUT2D eigenvalue weighted by Gasteiger charge is -2.44. The van der Waals surface area contributed by atoms with Gasteiger partial charge in [-0.2, -0.15) is 0 Å². The number of carboxylic acid groups (broad SMARTS) is 1. The van der Waals surface area contributed by atoms with Crippen molar-refractivity contribution in [2.24, 2.45) is 0 Å². The Morgan fingerprint density at radius 1 is 1.33 bits per heavy atom. The van der Waals surface area contributed by atoms with Crippen LogP contribution < -0.4 is 0 Å². The van der Waals surface area contributed by atoms with Gasteiger partial charge in [0.15, 0.2) is 0 Å². The van der Waals surface area contributed by atoms with Gasteiger partial charge in [0.1, 0.15) is 0 Å². The van der Waals surface area contributed by atoms with Gasteiger partial charge in [0.05, 0.1) is 12.0 Å². The van der Waals surface area contributed by atoms with Crippen molar-refractivity contribution in [2.75, 3.05) is 7.05 Å². The Balaban J connectivity index is 2.78. The van der Waals surface area contributed by atoms with Gasteiger partial charge in [-0.3, -0.25) is 9.59 Å². The van der Waals surface area contributed by atoms with E-state index in [-0.39, 0.29) is 12.3 Å². The smallest absolute Gasteiger partial charge is 0.305 e. The summed E-state index contributed by atoms with van der Waals surface area (Å²) in [5.74, 6) is 1.56. The fourth-order valence-electron chi connectivity index (χ4n) is 2.73. The van der Waals surface area contributed by atoms with Crippen molar-refractivity contribution in [2.45, 2.75) is 56.9 Å². The van der Waals surface area contributed by atoms with E-state index in [1.54, 1.807) is 11.9 Å². The Hall–Kier alpha value is -1.50. The molecular formula is C14H21NO3. The first kappa shape index (κ1) is 14.6. The van der Waals surface area contributed by atoms with Gasteiger partial charge in [-0.05, 0) is 12.8 Å². The lowest BCUT2D eigenvalue weighted by atomic mass is 9.78. The molecule has 1 fully saturated rings. The Kier molecular flexibility index (Phi) is 5.21. The third-order valence-corrected chi connectivity index (χ3v) is 3.83. The van der Waals surface area contributed by atoms with E-state index >= 15 is 0 Å². The molecule has 0 atom stereocenters. The highest BCUT2D eigenvalue weighted by molar-refractivity contribution is 5.78. The first-order valence-corrected chi connectivity index (χ1v) is 6.44. The number of hydrogen-bond acceptors (Lipinski definition) is 2. The first-order chi connectivity index (χ1) is 8.52. The van der Waals surface area contributed by atoms with Crippen LogP contribution in [0.25, 0.3) is 0 Å². The number of aliphatic carboxylic acids is 1. The molecule has 0 radical (unpaired) electrons. The Labute approximate surface area is 108 Å². The van der Waals surface area contributed by atoms with Crippen LogP contribution in [-0.4, -0.2) is 34.5 Å². The third-order valence-electron chi connectivity index (χ3n) is 3.83. The van der Waals surface area contributed by atoms with Crippen LogP contribution in [0.2, 0.25) is 0 Å². The summed E-state index contributed by atoms with van der Waals surface area (Å²) in [5.41, 5.74) is -0.504. The highest BCUT2D eigenvalue weighted by Crippen LogP contribution is 2.36. The van der Waals surface area contributed by atoms with Crippen molar-refractivity contribution in [1.29, 1.82) is 0 Å². The number of nitrogens with zero attached hydrogens (tertiary/aromatic N) is 1. The van der Waals surface area contributed by atoms with E-state index in [0.717, 1.165) is 32.1 Å². The molecule has 0 unspecified atom stereocenters. The maximum absolute atomic E-state index is 12.0. The number of rotatable bonds is 5. The van der Waals surface area contributed by atoms with Gasteiger partial charge < -0.3 is 10.0 Å². The summed E-state index contributed by atoms with van der Waals surface area (Å²) in [4.78, 5) is 24.7. The van der Waals surface area contributed by atoms with E-state index in [1.807, 2.05) is 0 Å². The number of carbonyl (C=O) groups is 2. The molecule has 4 nitrogen and oxygen atoms in total. The zero-order valence-corrected chi connectivity index (χ0v) is 10.9. The topological polar surface area (TPSA) is 57.6 Å². The van der Waals surface area contributed by atoms with Gasteiger partial charge in [-0.25, -0.2) is 0 Å². The van der Waals surface area contributed by atoms with Crippen molar-refractivity contribution >= 4 is 11.9 Å². The van der Waals surface area contributed by atoms with Gasteiger partial charge in [0, 0.05) is 19.9 Å². The van der Waals surface area contributed by atoms with E-state index in [4.69, 9.17) is 11.5 Å². The molecule has 0 aromatic carbocycles. The molecule has 0 saturated heterocycles. The Morgan fingerprint density at radius 2 is 1.94 bits per heavy atom. The Bertz CT molecular complexity index is 351. The number of amides is 1. The van der Waals surface area contributed by atoms with Crippen LogP contribution in [0.1, 0.15) is 51.4 Å². The van der Waals surface area contributed by atoms with E-state index < -0.39 is 11.5 Å². The molecule has 1 N–H and O–H groups in total. The maximum atomic E-state index is 12.0. The van der Waals surface area contributed by atoms with E-state index in [2.05, 4.69) is 5.92 Å². The largest absolute Gasteiger partial charge is 0.481 e. The second kappa shape index (κ2) is 6.44. The monoisotopic (exact) mass is 251 g/mol. The molecule has 0 aromatic rings. The predicted octanol–water partition coefficient (Wildman–Crippen LogP) is 2.04. The van der Waals surface area contributed by atoms with Gasteiger partial charge in [-0.15, -0.1) is 12.3 Å². The summed E-state index contributed by atoms with van der Waals surface area (Å²) < 4.78 is 0. The summed E-state index contributed by atoms with van der Waals surface area (Å²) in [6, 6.07) is 0. The van der Waals surface area contributed by atoms with E-state index in [0.29, 0.717) is 12.8 Å². The minimum absolute atomic E-state index is 0.0330. The van der Waals surface area contributed by atoms with Gasteiger partial charge in [0.25, 0.3) is 0 Å². The van der Waals surface area contributed by atoms with Gasteiger partial charge >= 0.3 is 5.97 Å². The van der Waals surface area contributed by atoms with Crippen LogP contribution in [0.15, 0.2) is 0 Å². The van der Waals surface area contributed by atoms with Crippen molar-refractivity contribution in [3.8, 4) is 12.3 Å². The molecule has 100 valence electrons. The minimum Gasteiger partial charge on any atom is -0.481 e. The molecule has 18 heavy (non-hydrogen) atoms. The van der Waals surface area contributed by atoms with Crippen LogP contribution in [0.5, 0.6) is 0 Å². The van der Waals surface area contributed by atoms with Crippen molar-refractivity contribution in [3.63, 3.8) is 0 Å². The van der Waals surface area contributed by atoms with Gasteiger partial charge in [-0.1, -0.05) is 19.3 Å². The average molecular weight is 251 g/mol. The second-order valence-corrected chi connectivity index (χ2v) is 5.01. The highest BCUT2D eigenvalue weighted by atomic mass is 16.4. The molecule has 4 heteroatoms. The lowest BCUT2D eigenvalue weighted by Crippen LogP contribution is -2.52. The second-order valence-electron chi connectivity index (χ2n) is 5.01. The summed E-state index contributed by atoms with van der Waals surface area (Å²) in [7, 11) is 1.72. The fraction of sp³-hybridized carbons (Fsp3) is 0.714. The van der Waals surface area contributed by atoms with Crippen LogP contribution in [0.3, 0.4) is 0 Å². The van der Waals surface area contributed by atoms with Crippen molar-refractivity contribution in [1.82, 2.24) is 4.90 Å². The molecule has 1 aliphatic carbocycles. The summed E-state index contributed by atoms with van der Waals surface area (Å²) in [5, 5.41) is 9.07. The molecule has 0 heterocycles. The normalized spacial score (nSPS) is 17.8. The van der Waals surface area contributed by atoms with Crippen LogP contribution in [-0.2, 0) is 9.59 Å². The molecule has 1 amide bonds. The van der Waals surface area contributed by atoms with Crippen molar-refractivity contribution < 1.29 is 14.7 Å². The SMILES string of the molecule is C#CCCC(=O)N(C)C1(CC(=O)O)CCCCC1. The molecule has 0 aliphatic heterocycles. The lowest BCUT2D eigenvalue weighted by molar-refractivity contribution is -0.145. The number of carboxylic acids is 1. The molecule has 0 bridgehead atoms. The summed E-state index contributed by atoms with van der Waals surface area (Å²) in [6.07, 6.45) is 10.5. The maximum Gasteiger partial charge on any atom is 0.305 e. The van der Waals surface area contributed by atoms with Crippen molar-refractivity contribution in [3.05, 3.63) is 0 Å². The summed E-state index contributed by atoms with van der Waals surface area (Å²) >= 11 is 0. The highest BCUT2D eigenvalue weighted by Gasteiger charge is 2.40. The number of hydrogen-bond donors (Lipinski definition) is 1. The summed E-state index contributed by atoms with van der Waals surface area (Å²) in [6.45, 7) is 0. The Morgan fingerprint density at radius 3 is 2.44 bits per heavy atom. The molecular weight excluding hydrogens is 230 g/mol. The zero-order valence-electron chi connectivity index (χ0n) is 10.9. The molecule has 1 rings (SSSR count). The predicted molar refractivity (Wildman–Crippen MR) is 68.9 cm³/mol. The standard InChI is InChI=1S/C14H21NO3/c1-3-4-8-12(16)15(2)14(11-13(17)18)9-6-5-7-10-14/h1H,4-11H2,2H3,(H,17,18). The quantitative estimate of drug-likeness (QED) is 0.761. The molecule has 1 aliphatic rings. The van der Waals surface area contributed by atoms with E-state index in [9.17, 15) is 9.59 Å². The van der Waals surface area contributed by atoms with Gasteiger partial charge in [0.2, 0.25) is 5.91 Å². The third kappa shape index (κ3) is 3.49. The average Bonchev–Trinajstić information content (AvgIpc) is 2.35. The minimum atomic E-state index is -0.839. The molecule has 1 saturated carbocycles. The van der Waals surface area contributed by atoms with Crippen LogP contribution >= 0.6 is 0 Å². The first-order valence-electron chi connectivity index (χ1n) is 6.44. The number of terminal acetylenes is 1. The van der Waals surface area contributed by atoms with E-state index in [1.165, 1.54) is 0 Å². The zero-order chi connectivity index (χ0) is 13.6. The molecule has 0 spiro atoms. The number of carbonyl (C=O) groups excluding carboxylic acids is 1. The van der Waals surface area contributed by atoms with Crippen LogP contribution in [0.4, 0.5) is 0 Å². The molecule has 0 aromatic heterocycles. The fourth-order valence-corrected chi connectivity index (χ4v) is 2.73.